The van der Waals surface area contributed by atoms with Crippen LogP contribution in [0.5, 0.6) is 11.5 Å². The monoisotopic (exact) mass is 291 g/mol. The van der Waals surface area contributed by atoms with Crippen LogP contribution < -0.4 is 4.74 Å². The number of pyridine rings is 1. The molecule has 0 aliphatic heterocycles. The highest BCUT2D eigenvalue weighted by Crippen LogP contribution is 2.29. The molecule has 88 valence electrons. The van der Waals surface area contributed by atoms with E-state index in [4.69, 9.17) is 4.74 Å². The summed E-state index contributed by atoms with van der Waals surface area (Å²) in [6.45, 7) is 4.35. The quantitative estimate of drug-likeness (QED) is 0.813. The zero-order valence-electron chi connectivity index (χ0n) is 9.85. The Morgan fingerprint density at radius 2 is 1.82 bits per heavy atom. The molecule has 2 nitrogen and oxygen atoms in total. The van der Waals surface area contributed by atoms with E-state index < -0.39 is 0 Å². The number of nitrogens with zero attached hydrogens (tertiary/aromatic N) is 1. The minimum absolute atomic E-state index is 0.539. The predicted molar refractivity (Wildman–Crippen MR) is 72.5 cm³/mol. The SMILES string of the molecule is CC(C)c1ccc(Oc2ccncc2Br)cc1. The van der Waals surface area contributed by atoms with Gasteiger partial charge in [-0.25, -0.2) is 0 Å². The molecule has 0 amide bonds. The molecule has 0 N–H and O–H groups in total. The van der Waals surface area contributed by atoms with Crippen LogP contribution in [-0.4, -0.2) is 4.98 Å². The highest BCUT2D eigenvalue weighted by Gasteiger charge is 2.03. The molecule has 0 aliphatic rings. The molecular weight excluding hydrogens is 278 g/mol. The molecule has 0 saturated carbocycles. The predicted octanol–water partition coefficient (Wildman–Crippen LogP) is 4.76. The van der Waals surface area contributed by atoms with E-state index in [2.05, 4.69) is 46.9 Å². The molecule has 1 aromatic heterocycles. The van der Waals surface area contributed by atoms with Gasteiger partial charge < -0.3 is 4.74 Å². The summed E-state index contributed by atoms with van der Waals surface area (Å²) in [5.41, 5.74) is 1.31. The van der Waals surface area contributed by atoms with Gasteiger partial charge >= 0.3 is 0 Å². The molecule has 0 aliphatic carbocycles. The van der Waals surface area contributed by atoms with Crippen molar-refractivity contribution in [2.75, 3.05) is 0 Å². The summed E-state index contributed by atoms with van der Waals surface area (Å²) in [5, 5.41) is 0. The summed E-state index contributed by atoms with van der Waals surface area (Å²) in [5.74, 6) is 2.15. The summed E-state index contributed by atoms with van der Waals surface area (Å²) >= 11 is 3.40. The molecule has 0 radical (unpaired) electrons. The fraction of sp³-hybridized carbons (Fsp3) is 0.214. The van der Waals surface area contributed by atoms with Crippen molar-refractivity contribution in [3.63, 3.8) is 0 Å². The van der Waals surface area contributed by atoms with E-state index in [1.165, 1.54) is 5.56 Å². The molecule has 1 heterocycles. The fourth-order valence-electron chi connectivity index (χ4n) is 1.49. The van der Waals surface area contributed by atoms with Crippen molar-refractivity contribution in [1.29, 1.82) is 0 Å². The molecule has 0 unspecified atom stereocenters. The second-order valence-electron chi connectivity index (χ2n) is 4.13. The molecule has 0 saturated heterocycles. The first kappa shape index (κ1) is 12.1. The first-order chi connectivity index (χ1) is 8.16. The van der Waals surface area contributed by atoms with Crippen LogP contribution in [0, 0.1) is 0 Å². The number of rotatable bonds is 3. The summed E-state index contributed by atoms with van der Waals surface area (Å²) < 4.78 is 6.61. The number of hydrogen-bond donors (Lipinski definition) is 0. The van der Waals surface area contributed by atoms with Crippen LogP contribution >= 0.6 is 15.9 Å². The topological polar surface area (TPSA) is 22.1 Å². The van der Waals surface area contributed by atoms with Gasteiger partial charge in [0.1, 0.15) is 11.5 Å². The molecular formula is C14H14BrNO. The van der Waals surface area contributed by atoms with Crippen LogP contribution in [0.1, 0.15) is 25.3 Å². The van der Waals surface area contributed by atoms with Gasteiger partial charge in [0, 0.05) is 18.5 Å². The average Bonchev–Trinajstić information content (AvgIpc) is 2.33. The molecule has 0 bridgehead atoms. The summed E-state index contributed by atoms with van der Waals surface area (Å²) in [4.78, 5) is 4.00. The van der Waals surface area contributed by atoms with Gasteiger partial charge in [-0.15, -0.1) is 0 Å². The maximum atomic E-state index is 5.76. The molecule has 17 heavy (non-hydrogen) atoms. The van der Waals surface area contributed by atoms with E-state index in [9.17, 15) is 0 Å². The summed E-state index contributed by atoms with van der Waals surface area (Å²) in [6, 6.07) is 10.00. The second kappa shape index (κ2) is 5.32. The van der Waals surface area contributed by atoms with Crippen LogP contribution in [0.2, 0.25) is 0 Å². The third-order valence-corrected chi connectivity index (χ3v) is 3.11. The highest BCUT2D eigenvalue weighted by molar-refractivity contribution is 9.10. The van der Waals surface area contributed by atoms with E-state index >= 15 is 0 Å². The van der Waals surface area contributed by atoms with Gasteiger partial charge in [-0.2, -0.15) is 0 Å². The van der Waals surface area contributed by atoms with Crippen LogP contribution in [0.25, 0.3) is 0 Å². The molecule has 0 atom stereocenters. The lowest BCUT2D eigenvalue weighted by Gasteiger charge is -2.09. The largest absolute Gasteiger partial charge is 0.456 e. The Labute approximate surface area is 110 Å². The van der Waals surface area contributed by atoms with E-state index in [-0.39, 0.29) is 0 Å². The van der Waals surface area contributed by atoms with E-state index in [1.54, 1.807) is 12.4 Å². The van der Waals surface area contributed by atoms with Crippen molar-refractivity contribution in [3.8, 4) is 11.5 Å². The van der Waals surface area contributed by atoms with E-state index in [0.717, 1.165) is 16.0 Å². The minimum atomic E-state index is 0.539. The molecule has 3 heteroatoms. The number of ether oxygens (including phenoxy) is 1. The first-order valence-corrected chi connectivity index (χ1v) is 6.33. The molecule has 0 fully saturated rings. The average molecular weight is 292 g/mol. The lowest BCUT2D eigenvalue weighted by Crippen LogP contribution is -1.89. The van der Waals surface area contributed by atoms with Gasteiger partial charge in [0.2, 0.25) is 0 Å². The van der Waals surface area contributed by atoms with Crippen LogP contribution in [0.3, 0.4) is 0 Å². The third-order valence-electron chi connectivity index (χ3n) is 2.51. The van der Waals surface area contributed by atoms with Crippen molar-refractivity contribution in [3.05, 3.63) is 52.8 Å². The summed E-state index contributed by atoms with van der Waals surface area (Å²) in [7, 11) is 0. The first-order valence-electron chi connectivity index (χ1n) is 5.54. The van der Waals surface area contributed by atoms with Gasteiger partial charge in [-0.3, -0.25) is 4.98 Å². The number of benzene rings is 1. The number of hydrogen-bond acceptors (Lipinski definition) is 2. The Morgan fingerprint density at radius 1 is 1.12 bits per heavy atom. The Hall–Kier alpha value is -1.35. The van der Waals surface area contributed by atoms with Gasteiger partial charge in [0.15, 0.2) is 0 Å². The molecule has 2 aromatic rings. The van der Waals surface area contributed by atoms with Crippen LogP contribution in [0.15, 0.2) is 47.2 Å². The zero-order valence-corrected chi connectivity index (χ0v) is 11.4. The molecule has 1 aromatic carbocycles. The minimum Gasteiger partial charge on any atom is -0.456 e. The maximum absolute atomic E-state index is 5.76. The van der Waals surface area contributed by atoms with Gasteiger partial charge in [-0.05, 0) is 39.5 Å². The second-order valence-corrected chi connectivity index (χ2v) is 4.99. The van der Waals surface area contributed by atoms with Crippen molar-refractivity contribution < 1.29 is 4.74 Å². The maximum Gasteiger partial charge on any atom is 0.144 e. The molecule has 2 rings (SSSR count). The van der Waals surface area contributed by atoms with Gasteiger partial charge in [0.05, 0.1) is 4.47 Å². The van der Waals surface area contributed by atoms with Crippen LogP contribution in [-0.2, 0) is 0 Å². The molecule has 0 spiro atoms. The van der Waals surface area contributed by atoms with Crippen molar-refractivity contribution in [2.45, 2.75) is 19.8 Å². The fourth-order valence-corrected chi connectivity index (χ4v) is 1.82. The van der Waals surface area contributed by atoms with Gasteiger partial charge in [-0.1, -0.05) is 26.0 Å². The van der Waals surface area contributed by atoms with Crippen LogP contribution in [0.4, 0.5) is 0 Å². The standard InChI is InChI=1S/C14H14BrNO/c1-10(2)11-3-5-12(6-4-11)17-14-7-8-16-9-13(14)15/h3-10H,1-2H3. The highest BCUT2D eigenvalue weighted by atomic mass is 79.9. The zero-order chi connectivity index (χ0) is 12.3. The Bertz CT molecular complexity index is 494. The van der Waals surface area contributed by atoms with E-state index in [0.29, 0.717) is 5.92 Å². The van der Waals surface area contributed by atoms with Crippen molar-refractivity contribution >= 4 is 15.9 Å². The number of aromatic nitrogens is 1. The van der Waals surface area contributed by atoms with E-state index in [1.807, 2.05) is 18.2 Å². The normalized spacial score (nSPS) is 10.6. The lowest BCUT2D eigenvalue weighted by molar-refractivity contribution is 0.478. The van der Waals surface area contributed by atoms with Crippen molar-refractivity contribution in [1.82, 2.24) is 4.98 Å². The Balaban J connectivity index is 2.17. The lowest BCUT2D eigenvalue weighted by atomic mass is 10.0. The smallest absolute Gasteiger partial charge is 0.144 e. The van der Waals surface area contributed by atoms with Crippen molar-refractivity contribution in [2.24, 2.45) is 0 Å². The third kappa shape index (κ3) is 3.07. The number of halogens is 1. The van der Waals surface area contributed by atoms with Gasteiger partial charge in [0.25, 0.3) is 0 Å². The summed E-state index contributed by atoms with van der Waals surface area (Å²) in [6.07, 6.45) is 3.43. The Kier molecular flexibility index (Phi) is 3.79. The Morgan fingerprint density at radius 3 is 2.41 bits per heavy atom.